The Morgan fingerprint density at radius 2 is 2.28 bits per heavy atom. The van der Waals surface area contributed by atoms with E-state index in [1.165, 1.54) is 4.88 Å². The molecule has 0 fully saturated rings. The lowest BCUT2D eigenvalue weighted by molar-refractivity contribution is 0.211. The van der Waals surface area contributed by atoms with Crippen LogP contribution in [0.1, 0.15) is 5.56 Å². The van der Waals surface area contributed by atoms with Gasteiger partial charge in [-0.1, -0.05) is 12.1 Å². The van der Waals surface area contributed by atoms with E-state index in [2.05, 4.69) is 17.5 Å². The first-order valence-corrected chi connectivity index (χ1v) is 6.54. The van der Waals surface area contributed by atoms with Gasteiger partial charge in [0.05, 0.1) is 17.9 Å². The standard InChI is InChI=1S/C14H14N2OS/c1-17-7-6-16-13-5-4-11(9-12(13)10-15)14-3-2-8-18-14/h2-5,8-9,16H,6-7H2,1H3. The number of rotatable bonds is 5. The third-order valence-corrected chi connectivity index (χ3v) is 3.49. The van der Waals surface area contributed by atoms with E-state index in [9.17, 15) is 5.26 Å². The normalized spacial score (nSPS) is 10.0. The van der Waals surface area contributed by atoms with Crippen LogP contribution in [0.2, 0.25) is 0 Å². The first-order chi connectivity index (χ1) is 8.85. The largest absolute Gasteiger partial charge is 0.383 e. The van der Waals surface area contributed by atoms with E-state index in [1.54, 1.807) is 18.4 Å². The van der Waals surface area contributed by atoms with Crippen molar-refractivity contribution in [1.82, 2.24) is 0 Å². The number of benzene rings is 1. The molecule has 0 radical (unpaired) electrons. The topological polar surface area (TPSA) is 45.0 Å². The maximum absolute atomic E-state index is 9.18. The molecule has 1 aromatic heterocycles. The summed E-state index contributed by atoms with van der Waals surface area (Å²) < 4.78 is 4.98. The number of methoxy groups -OCH3 is 1. The van der Waals surface area contributed by atoms with Gasteiger partial charge in [0.1, 0.15) is 6.07 Å². The van der Waals surface area contributed by atoms with Gasteiger partial charge in [0.25, 0.3) is 0 Å². The van der Waals surface area contributed by atoms with Gasteiger partial charge in [0.2, 0.25) is 0 Å². The Hall–Kier alpha value is -1.83. The van der Waals surface area contributed by atoms with Crippen LogP contribution in [0.3, 0.4) is 0 Å². The predicted octanol–water partition coefficient (Wildman–Crippen LogP) is 3.35. The molecule has 2 rings (SSSR count). The molecule has 3 nitrogen and oxygen atoms in total. The number of anilines is 1. The van der Waals surface area contributed by atoms with Crippen molar-refractivity contribution < 1.29 is 4.74 Å². The molecule has 0 atom stereocenters. The maximum Gasteiger partial charge on any atom is 0.101 e. The minimum atomic E-state index is 0.623. The Morgan fingerprint density at radius 1 is 1.39 bits per heavy atom. The van der Waals surface area contributed by atoms with Crippen molar-refractivity contribution in [2.45, 2.75) is 0 Å². The number of hydrogen-bond donors (Lipinski definition) is 1. The SMILES string of the molecule is COCCNc1ccc(-c2cccs2)cc1C#N. The summed E-state index contributed by atoms with van der Waals surface area (Å²) in [6, 6.07) is 12.2. The highest BCUT2D eigenvalue weighted by Crippen LogP contribution is 2.28. The van der Waals surface area contributed by atoms with E-state index >= 15 is 0 Å². The zero-order chi connectivity index (χ0) is 12.8. The van der Waals surface area contributed by atoms with Gasteiger partial charge in [-0.15, -0.1) is 11.3 Å². The first-order valence-electron chi connectivity index (χ1n) is 5.66. The summed E-state index contributed by atoms with van der Waals surface area (Å²) in [5.74, 6) is 0. The molecular weight excluding hydrogens is 244 g/mol. The van der Waals surface area contributed by atoms with Gasteiger partial charge in [0, 0.05) is 18.5 Å². The van der Waals surface area contributed by atoms with Gasteiger partial charge in [-0.05, 0) is 29.1 Å². The number of thiophene rings is 1. The number of nitriles is 1. The molecule has 4 heteroatoms. The second-order valence-electron chi connectivity index (χ2n) is 3.77. The molecule has 0 spiro atoms. The Kier molecular flexibility index (Phi) is 4.35. The van der Waals surface area contributed by atoms with Crippen LogP contribution < -0.4 is 5.32 Å². The Labute approximate surface area is 111 Å². The summed E-state index contributed by atoms with van der Waals surface area (Å²) in [6.45, 7) is 1.32. The second-order valence-corrected chi connectivity index (χ2v) is 4.72. The summed E-state index contributed by atoms with van der Waals surface area (Å²) in [6.07, 6.45) is 0. The van der Waals surface area contributed by atoms with E-state index in [1.807, 2.05) is 29.6 Å². The van der Waals surface area contributed by atoms with Gasteiger partial charge >= 0.3 is 0 Å². The number of nitrogens with zero attached hydrogens (tertiary/aromatic N) is 1. The Morgan fingerprint density at radius 3 is 2.94 bits per heavy atom. The Balaban J connectivity index is 2.21. The molecule has 0 aliphatic rings. The van der Waals surface area contributed by atoms with E-state index in [4.69, 9.17) is 4.74 Å². The summed E-state index contributed by atoms with van der Waals surface area (Å²) in [5.41, 5.74) is 2.60. The molecule has 1 aromatic carbocycles. The number of nitrogens with one attached hydrogen (secondary N) is 1. The summed E-state index contributed by atoms with van der Waals surface area (Å²) in [5, 5.41) is 14.4. The van der Waals surface area contributed by atoms with Gasteiger partial charge in [-0.25, -0.2) is 0 Å². The molecule has 0 unspecified atom stereocenters. The molecule has 0 saturated heterocycles. The van der Waals surface area contributed by atoms with Crippen LogP contribution in [0, 0.1) is 11.3 Å². The van der Waals surface area contributed by atoms with Crippen LogP contribution in [-0.2, 0) is 4.74 Å². The van der Waals surface area contributed by atoms with Crippen molar-refractivity contribution in [2.24, 2.45) is 0 Å². The predicted molar refractivity (Wildman–Crippen MR) is 74.8 cm³/mol. The van der Waals surface area contributed by atoms with Gasteiger partial charge in [-0.3, -0.25) is 0 Å². The van der Waals surface area contributed by atoms with Crippen molar-refractivity contribution in [1.29, 1.82) is 5.26 Å². The van der Waals surface area contributed by atoms with E-state index in [0.29, 0.717) is 18.7 Å². The maximum atomic E-state index is 9.18. The van der Waals surface area contributed by atoms with Crippen molar-refractivity contribution in [3.05, 3.63) is 41.3 Å². The molecule has 0 amide bonds. The highest BCUT2D eigenvalue weighted by Gasteiger charge is 2.05. The average molecular weight is 258 g/mol. The van der Waals surface area contributed by atoms with E-state index in [-0.39, 0.29) is 0 Å². The Bertz CT molecular complexity index is 543. The van der Waals surface area contributed by atoms with Crippen LogP contribution in [0.4, 0.5) is 5.69 Å². The smallest absolute Gasteiger partial charge is 0.101 e. The lowest BCUT2D eigenvalue weighted by atomic mass is 10.1. The lowest BCUT2D eigenvalue weighted by Gasteiger charge is -2.08. The molecule has 1 heterocycles. The van der Waals surface area contributed by atoms with Crippen LogP contribution >= 0.6 is 11.3 Å². The number of hydrogen-bond acceptors (Lipinski definition) is 4. The molecule has 92 valence electrons. The fourth-order valence-electron chi connectivity index (χ4n) is 1.67. The molecule has 1 N–H and O–H groups in total. The molecule has 0 aliphatic heterocycles. The van der Waals surface area contributed by atoms with Crippen molar-refractivity contribution in [3.63, 3.8) is 0 Å². The third kappa shape index (κ3) is 2.89. The van der Waals surface area contributed by atoms with Crippen molar-refractivity contribution in [3.8, 4) is 16.5 Å². The van der Waals surface area contributed by atoms with Gasteiger partial charge in [-0.2, -0.15) is 5.26 Å². The quantitative estimate of drug-likeness (QED) is 0.836. The summed E-state index contributed by atoms with van der Waals surface area (Å²) in [7, 11) is 1.66. The highest BCUT2D eigenvalue weighted by atomic mass is 32.1. The molecular formula is C14H14N2OS. The zero-order valence-electron chi connectivity index (χ0n) is 10.1. The molecule has 0 saturated carbocycles. The van der Waals surface area contributed by atoms with Crippen LogP contribution in [0.15, 0.2) is 35.7 Å². The van der Waals surface area contributed by atoms with Gasteiger partial charge < -0.3 is 10.1 Å². The second kappa shape index (κ2) is 6.20. The van der Waals surface area contributed by atoms with E-state index < -0.39 is 0 Å². The number of ether oxygens (including phenoxy) is 1. The molecule has 0 bridgehead atoms. The van der Waals surface area contributed by atoms with Crippen LogP contribution in [0.25, 0.3) is 10.4 Å². The average Bonchev–Trinajstić information content (AvgIpc) is 2.93. The minimum Gasteiger partial charge on any atom is -0.383 e. The first kappa shape index (κ1) is 12.6. The van der Waals surface area contributed by atoms with E-state index in [0.717, 1.165) is 11.3 Å². The lowest BCUT2D eigenvalue weighted by Crippen LogP contribution is -2.08. The molecule has 2 aromatic rings. The third-order valence-electron chi connectivity index (χ3n) is 2.57. The van der Waals surface area contributed by atoms with Gasteiger partial charge in [0.15, 0.2) is 0 Å². The van der Waals surface area contributed by atoms with Crippen LogP contribution in [0.5, 0.6) is 0 Å². The fourth-order valence-corrected chi connectivity index (χ4v) is 2.40. The highest BCUT2D eigenvalue weighted by molar-refractivity contribution is 7.13. The monoisotopic (exact) mass is 258 g/mol. The summed E-state index contributed by atoms with van der Waals surface area (Å²) >= 11 is 1.67. The molecule has 0 aliphatic carbocycles. The zero-order valence-corrected chi connectivity index (χ0v) is 11.0. The fraction of sp³-hybridized carbons (Fsp3) is 0.214. The van der Waals surface area contributed by atoms with Crippen LogP contribution in [-0.4, -0.2) is 20.3 Å². The summed E-state index contributed by atoms with van der Waals surface area (Å²) in [4.78, 5) is 1.18. The molecule has 18 heavy (non-hydrogen) atoms. The minimum absolute atomic E-state index is 0.623. The van der Waals surface area contributed by atoms with Crippen molar-refractivity contribution >= 4 is 17.0 Å². The van der Waals surface area contributed by atoms with Crippen molar-refractivity contribution in [2.75, 3.05) is 25.6 Å².